The molecule has 0 saturated carbocycles. The van der Waals surface area contributed by atoms with Gasteiger partial charge < -0.3 is 15.1 Å². The molecule has 0 radical (unpaired) electrons. The number of aryl methyl sites for hydroxylation is 1. The van der Waals surface area contributed by atoms with Crippen molar-refractivity contribution in [3.05, 3.63) is 30.2 Å². The molecule has 1 unspecified atom stereocenters. The molecule has 1 heterocycles. The number of hydrogen-bond donors (Lipinski definition) is 2. The molecule has 0 aliphatic rings. The Morgan fingerprint density at radius 3 is 2.76 bits per heavy atom. The first kappa shape index (κ1) is 15.2. The summed E-state index contributed by atoms with van der Waals surface area (Å²) in [4.78, 5) is 12.0. The minimum Gasteiger partial charge on any atom is -0.421 e. The van der Waals surface area contributed by atoms with E-state index in [-0.39, 0.29) is 12.5 Å². The number of hydrogen-bond acceptors (Lipinski definition) is 5. The molecular weight excluding hydrogens is 268 g/mol. The van der Waals surface area contributed by atoms with E-state index >= 15 is 0 Å². The number of rotatable bonds is 6. The van der Waals surface area contributed by atoms with E-state index in [9.17, 15) is 4.79 Å². The van der Waals surface area contributed by atoms with Crippen LogP contribution in [0.1, 0.15) is 26.2 Å². The van der Waals surface area contributed by atoms with Gasteiger partial charge in [0.25, 0.3) is 0 Å². The maximum absolute atomic E-state index is 12.0. The van der Waals surface area contributed by atoms with Crippen LogP contribution in [0.4, 0.5) is 5.69 Å². The van der Waals surface area contributed by atoms with Crippen LogP contribution in [0.15, 0.2) is 28.7 Å². The van der Waals surface area contributed by atoms with E-state index in [1.165, 1.54) is 0 Å². The molecule has 2 rings (SSSR count). The summed E-state index contributed by atoms with van der Waals surface area (Å²) in [7, 11) is 0. The Hall–Kier alpha value is -2.21. The number of amides is 1. The van der Waals surface area contributed by atoms with Crippen molar-refractivity contribution in [2.24, 2.45) is 0 Å². The number of anilines is 1. The van der Waals surface area contributed by atoms with Crippen LogP contribution in [0.25, 0.3) is 11.5 Å². The molecule has 1 atom stereocenters. The Morgan fingerprint density at radius 1 is 1.33 bits per heavy atom. The predicted molar refractivity (Wildman–Crippen MR) is 80.9 cm³/mol. The molecular formula is C15H20N4O2. The van der Waals surface area contributed by atoms with Gasteiger partial charge in [0.1, 0.15) is 0 Å². The van der Waals surface area contributed by atoms with Crippen molar-refractivity contribution >= 4 is 11.6 Å². The summed E-state index contributed by atoms with van der Waals surface area (Å²) in [6, 6.07) is 7.68. The van der Waals surface area contributed by atoms with Crippen molar-refractivity contribution < 1.29 is 9.21 Å². The monoisotopic (exact) mass is 288 g/mol. The van der Waals surface area contributed by atoms with E-state index in [2.05, 4.69) is 27.8 Å². The van der Waals surface area contributed by atoms with Crippen LogP contribution >= 0.6 is 0 Å². The van der Waals surface area contributed by atoms with Crippen molar-refractivity contribution in [2.45, 2.75) is 33.2 Å². The second-order valence-corrected chi connectivity index (χ2v) is 4.91. The molecule has 1 amide bonds. The Morgan fingerprint density at radius 2 is 2.10 bits per heavy atom. The summed E-state index contributed by atoms with van der Waals surface area (Å²) in [5, 5.41) is 13.8. The maximum Gasteiger partial charge on any atom is 0.249 e. The lowest BCUT2D eigenvalue weighted by molar-refractivity contribution is -0.115. The van der Waals surface area contributed by atoms with E-state index in [0.29, 0.717) is 23.5 Å². The summed E-state index contributed by atoms with van der Waals surface area (Å²) in [6.45, 7) is 6.12. The van der Waals surface area contributed by atoms with E-state index in [0.717, 1.165) is 12.0 Å². The van der Waals surface area contributed by atoms with E-state index in [1.54, 1.807) is 6.92 Å². The van der Waals surface area contributed by atoms with E-state index in [4.69, 9.17) is 4.42 Å². The van der Waals surface area contributed by atoms with E-state index in [1.807, 2.05) is 31.2 Å². The van der Waals surface area contributed by atoms with Crippen molar-refractivity contribution in [1.29, 1.82) is 0 Å². The second-order valence-electron chi connectivity index (χ2n) is 4.91. The minimum absolute atomic E-state index is 0.0982. The Labute approximate surface area is 124 Å². The molecule has 0 aliphatic carbocycles. The van der Waals surface area contributed by atoms with Crippen LogP contribution in [0.5, 0.6) is 0 Å². The third-order valence-electron chi connectivity index (χ3n) is 3.18. The average molecular weight is 288 g/mol. The molecule has 1 aromatic heterocycles. The number of benzene rings is 1. The van der Waals surface area contributed by atoms with Gasteiger partial charge in [-0.3, -0.25) is 4.79 Å². The van der Waals surface area contributed by atoms with Gasteiger partial charge in [0, 0.05) is 13.0 Å². The first-order chi connectivity index (χ1) is 10.1. The quantitative estimate of drug-likeness (QED) is 0.853. The van der Waals surface area contributed by atoms with Crippen LogP contribution in [0.3, 0.4) is 0 Å². The van der Waals surface area contributed by atoms with Crippen molar-refractivity contribution in [1.82, 2.24) is 15.5 Å². The minimum atomic E-state index is -0.0982. The Kier molecular flexibility index (Phi) is 5.05. The highest BCUT2D eigenvalue weighted by Crippen LogP contribution is 2.26. The molecule has 6 heteroatoms. The molecule has 0 saturated heterocycles. The van der Waals surface area contributed by atoms with Gasteiger partial charge in [0.05, 0.1) is 17.8 Å². The molecule has 1 aromatic carbocycles. The summed E-state index contributed by atoms with van der Waals surface area (Å²) in [5.74, 6) is 0.793. The molecule has 0 bridgehead atoms. The van der Waals surface area contributed by atoms with Crippen LogP contribution < -0.4 is 10.6 Å². The van der Waals surface area contributed by atoms with Gasteiger partial charge in [0.15, 0.2) is 0 Å². The fourth-order valence-corrected chi connectivity index (χ4v) is 1.79. The molecule has 6 nitrogen and oxygen atoms in total. The molecule has 2 N–H and O–H groups in total. The van der Waals surface area contributed by atoms with Crippen LogP contribution in [0, 0.1) is 6.92 Å². The first-order valence-electron chi connectivity index (χ1n) is 7.03. The van der Waals surface area contributed by atoms with Crippen LogP contribution in [-0.2, 0) is 4.79 Å². The standard InChI is InChI=1S/C15H20N4O2/c1-4-10(2)16-9-14(20)17-13-8-6-5-7-12(13)15-19-18-11(3)21-15/h5-8,10,16H,4,9H2,1-3H3,(H,17,20). The van der Waals surface area contributed by atoms with Crippen molar-refractivity contribution in [2.75, 3.05) is 11.9 Å². The maximum atomic E-state index is 12.0. The molecule has 0 aliphatic heterocycles. The SMILES string of the molecule is CCC(C)NCC(=O)Nc1ccccc1-c1nnc(C)o1. The Bertz CT molecular complexity index is 609. The van der Waals surface area contributed by atoms with E-state index < -0.39 is 0 Å². The summed E-state index contributed by atoms with van der Waals surface area (Å²) in [6.07, 6.45) is 0.977. The van der Waals surface area contributed by atoms with Gasteiger partial charge in [-0.05, 0) is 25.5 Å². The summed E-state index contributed by atoms with van der Waals surface area (Å²) >= 11 is 0. The second kappa shape index (κ2) is 6.99. The third kappa shape index (κ3) is 4.13. The van der Waals surface area contributed by atoms with Crippen molar-refractivity contribution in [3.8, 4) is 11.5 Å². The van der Waals surface area contributed by atoms with Crippen LogP contribution in [0.2, 0.25) is 0 Å². The smallest absolute Gasteiger partial charge is 0.249 e. The number of nitrogens with one attached hydrogen (secondary N) is 2. The molecule has 0 spiro atoms. The first-order valence-corrected chi connectivity index (χ1v) is 7.03. The topological polar surface area (TPSA) is 80.0 Å². The summed E-state index contributed by atoms with van der Waals surface area (Å²) < 4.78 is 5.42. The van der Waals surface area contributed by atoms with Gasteiger partial charge >= 0.3 is 0 Å². The van der Waals surface area contributed by atoms with Gasteiger partial charge in [-0.2, -0.15) is 0 Å². The fraction of sp³-hybridized carbons (Fsp3) is 0.400. The normalized spacial score (nSPS) is 12.1. The molecule has 21 heavy (non-hydrogen) atoms. The number of aromatic nitrogens is 2. The molecule has 112 valence electrons. The lowest BCUT2D eigenvalue weighted by atomic mass is 10.1. The zero-order valence-corrected chi connectivity index (χ0v) is 12.5. The number of carbonyl (C=O) groups is 1. The number of para-hydroxylation sites is 1. The highest BCUT2D eigenvalue weighted by atomic mass is 16.4. The number of carbonyl (C=O) groups excluding carboxylic acids is 1. The lowest BCUT2D eigenvalue weighted by Crippen LogP contribution is -2.34. The predicted octanol–water partition coefficient (Wildman–Crippen LogP) is 2.37. The van der Waals surface area contributed by atoms with Gasteiger partial charge in [-0.15, -0.1) is 10.2 Å². The van der Waals surface area contributed by atoms with Gasteiger partial charge in [0.2, 0.25) is 17.7 Å². The lowest BCUT2D eigenvalue weighted by Gasteiger charge is -2.12. The zero-order chi connectivity index (χ0) is 15.2. The fourth-order valence-electron chi connectivity index (χ4n) is 1.79. The largest absolute Gasteiger partial charge is 0.421 e. The van der Waals surface area contributed by atoms with Gasteiger partial charge in [-0.25, -0.2) is 0 Å². The third-order valence-corrected chi connectivity index (χ3v) is 3.18. The average Bonchev–Trinajstić information content (AvgIpc) is 2.91. The van der Waals surface area contributed by atoms with Gasteiger partial charge in [-0.1, -0.05) is 19.1 Å². The summed E-state index contributed by atoms with van der Waals surface area (Å²) in [5.41, 5.74) is 1.38. The van der Waals surface area contributed by atoms with Crippen LogP contribution in [-0.4, -0.2) is 28.7 Å². The molecule has 2 aromatic rings. The zero-order valence-electron chi connectivity index (χ0n) is 12.5. The molecule has 0 fully saturated rings. The Balaban J connectivity index is 2.08. The number of nitrogens with zero attached hydrogens (tertiary/aromatic N) is 2. The highest BCUT2D eigenvalue weighted by molar-refractivity contribution is 5.95. The van der Waals surface area contributed by atoms with Crippen molar-refractivity contribution in [3.63, 3.8) is 0 Å². The highest BCUT2D eigenvalue weighted by Gasteiger charge is 2.13.